The molecular formula is C16H23N3O6S2. The predicted octanol–water partition coefficient (Wildman–Crippen LogP) is 0.224. The number of anilines is 1. The highest BCUT2D eigenvalue weighted by molar-refractivity contribution is 7.92. The van der Waals surface area contributed by atoms with Gasteiger partial charge in [0.25, 0.3) is 5.91 Å². The van der Waals surface area contributed by atoms with Crippen LogP contribution < -0.4 is 13.7 Å². The topological polar surface area (TPSA) is 133 Å². The number of hydrogen-bond donors (Lipinski definition) is 3. The number of phenolic OH excluding ortho intramolecular Hbond substituents is 1. The average Bonchev–Trinajstić information content (AvgIpc) is 2.80. The van der Waals surface area contributed by atoms with E-state index in [2.05, 4.69) is 4.72 Å². The van der Waals surface area contributed by atoms with Gasteiger partial charge >= 0.3 is 10.2 Å². The molecule has 2 atom stereocenters. The third kappa shape index (κ3) is 4.71. The highest BCUT2D eigenvalue weighted by Crippen LogP contribution is 2.34. The van der Waals surface area contributed by atoms with Crippen molar-refractivity contribution >= 4 is 31.8 Å². The molecule has 27 heavy (non-hydrogen) atoms. The first kappa shape index (κ1) is 19.9. The fourth-order valence-corrected chi connectivity index (χ4v) is 5.78. The number of hydrogen-bond acceptors (Lipinski definition) is 6. The Hall–Kier alpha value is -1.85. The molecule has 9 nitrogen and oxygen atoms in total. The zero-order valence-electron chi connectivity index (χ0n) is 14.9. The molecule has 1 aliphatic heterocycles. The van der Waals surface area contributed by atoms with E-state index in [4.69, 9.17) is 0 Å². The van der Waals surface area contributed by atoms with Gasteiger partial charge in [0.1, 0.15) is 12.3 Å². The maximum Gasteiger partial charge on any atom is 0.326 e. The largest absolute Gasteiger partial charge is 0.506 e. The first-order chi connectivity index (χ1) is 12.5. The van der Waals surface area contributed by atoms with E-state index < -0.39 is 26.1 Å². The van der Waals surface area contributed by atoms with Gasteiger partial charge in [-0.3, -0.25) is 4.79 Å². The quantitative estimate of drug-likeness (QED) is 0.628. The lowest BCUT2D eigenvalue weighted by Gasteiger charge is -2.31. The van der Waals surface area contributed by atoms with Gasteiger partial charge in [-0.1, -0.05) is 18.9 Å². The minimum atomic E-state index is -3.98. The number of rotatable bonds is 5. The summed E-state index contributed by atoms with van der Waals surface area (Å²) in [6.45, 7) is -0.377. The van der Waals surface area contributed by atoms with Crippen LogP contribution >= 0.6 is 0 Å². The Balaban J connectivity index is 1.78. The van der Waals surface area contributed by atoms with Gasteiger partial charge in [-0.15, -0.1) is 0 Å². The lowest BCUT2D eigenvalue weighted by molar-refractivity contribution is -0.117. The summed E-state index contributed by atoms with van der Waals surface area (Å²) < 4.78 is 52.4. The van der Waals surface area contributed by atoms with Gasteiger partial charge in [0.15, 0.2) is 0 Å². The van der Waals surface area contributed by atoms with Gasteiger partial charge in [-0.2, -0.15) is 8.42 Å². The van der Waals surface area contributed by atoms with Crippen LogP contribution in [-0.4, -0.2) is 46.7 Å². The Morgan fingerprint density at radius 2 is 2.00 bits per heavy atom. The van der Waals surface area contributed by atoms with Crippen molar-refractivity contribution in [3.05, 3.63) is 23.8 Å². The van der Waals surface area contributed by atoms with Crippen molar-refractivity contribution < 1.29 is 26.7 Å². The van der Waals surface area contributed by atoms with Crippen molar-refractivity contribution in [2.45, 2.75) is 38.1 Å². The van der Waals surface area contributed by atoms with Crippen LogP contribution in [-0.2, 0) is 31.4 Å². The Morgan fingerprint density at radius 1 is 1.30 bits per heavy atom. The van der Waals surface area contributed by atoms with E-state index in [1.54, 1.807) is 6.07 Å². The van der Waals surface area contributed by atoms with Crippen molar-refractivity contribution in [3.8, 4) is 5.75 Å². The van der Waals surface area contributed by atoms with E-state index in [1.165, 1.54) is 12.1 Å². The highest BCUT2D eigenvalue weighted by Gasteiger charge is 2.35. The van der Waals surface area contributed by atoms with Crippen molar-refractivity contribution in [2.24, 2.45) is 5.92 Å². The van der Waals surface area contributed by atoms with Crippen molar-refractivity contribution in [3.63, 3.8) is 0 Å². The molecule has 0 aromatic heterocycles. The summed E-state index contributed by atoms with van der Waals surface area (Å²) in [5.74, 6) is -0.802. The summed E-state index contributed by atoms with van der Waals surface area (Å²) in [5.41, 5.74) is 0.811. The molecule has 1 saturated carbocycles. The number of benzene rings is 1. The number of carbonyl (C=O) groups is 1. The number of aromatic hydroxyl groups is 1. The molecule has 1 aliphatic carbocycles. The SMILES string of the molecule is CS(=O)(=O)N[C@H]1CCCC[C@H]1Cc1ccc(N2CC(=O)NS2(=O)=O)c(O)c1. The zero-order valence-corrected chi connectivity index (χ0v) is 16.5. The van der Waals surface area contributed by atoms with Crippen molar-refractivity contribution in [1.82, 2.24) is 9.44 Å². The van der Waals surface area contributed by atoms with E-state index in [9.17, 15) is 26.7 Å². The number of amides is 1. The first-order valence-electron chi connectivity index (χ1n) is 8.68. The van der Waals surface area contributed by atoms with Crippen LogP contribution in [0.2, 0.25) is 0 Å². The summed E-state index contributed by atoms with van der Waals surface area (Å²) in [4.78, 5) is 11.4. The van der Waals surface area contributed by atoms with Gasteiger partial charge in [0.2, 0.25) is 10.0 Å². The predicted molar refractivity (Wildman–Crippen MR) is 99.9 cm³/mol. The molecule has 0 spiro atoms. The molecule has 1 aromatic carbocycles. The van der Waals surface area contributed by atoms with Gasteiger partial charge in [0.05, 0.1) is 11.9 Å². The second kappa shape index (κ2) is 7.28. The lowest BCUT2D eigenvalue weighted by Crippen LogP contribution is -2.42. The van der Waals surface area contributed by atoms with Crippen LogP contribution in [0.4, 0.5) is 5.69 Å². The van der Waals surface area contributed by atoms with Crippen LogP contribution in [0.5, 0.6) is 5.75 Å². The molecule has 150 valence electrons. The summed E-state index contributed by atoms with van der Waals surface area (Å²) in [7, 11) is -7.29. The Bertz CT molecular complexity index is 945. The third-order valence-corrected chi connectivity index (χ3v) is 7.02. The van der Waals surface area contributed by atoms with E-state index in [-0.39, 0.29) is 29.9 Å². The van der Waals surface area contributed by atoms with Gasteiger partial charge in [0, 0.05) is 6.04 Å². The van der Waals surface area contributed by atoms with Crippen molar-refractivity contribution in [2.75, 3.05) is 17.1 Å². The molecule has 1 saturated heterocycles. The third-order valence-electron chi connectivity index (χ3n) is 4.90. The molecule has 1 heterocycles. The molecular weight excluding hydrogens is 394 g/mol. The maximum absolute atomic E-state index is 11.9. The standard InChI is InChI=1S/C16H23N3O6S2/c1-26(22,23)17-13-5-3-2-4-12(13)8-11-6-7-14(15(20)9-11)19-10-16(21)18-27(19,24)25/h6-7,9,12-13,17,20H,2-5,8,10H2,1H3,(H,18,21)/t12-,13-/m0/s1. The van der Waals surface area contributed by atoms with Crippen LogP contribution in [0.15, 0.2) is 18.2 Å². The van der Waals surface area contributed by atoms with Gasteiger partial charge < -0.3 is 5.11 Å². The molecule has 0 unspecified atom stereocenters. The van der Waals surface area contributed by atoms with Crippen LogP contribution in [0.1, 0.15) is 31.2 Å². The molecule has 1 aromatic rings. The van der Waals surface area contributed by atoms with E-state index >= 15 is 0 Å². The second-order valence-corrected chi connectivity index (χ2v) is 10.5. The first-order valence-corrected chi connectivity index (χ1v) is 12.0. The summed E-state index contributed by atoms with van der Waals surface area (Å²) in [6, 6.07) is 4.47. The fourth-order valence-electron chi connectivity index (χ4n) is 3.75. The summed E-state index contributed by atoms with van der Waals surface area (Å²) in [5, 5.41) is 10.3. The Kier molecular flexibility index (Phi) is 5.37. The number of nitrogens with one attached hydrogen (secondary N) is 2. The zero-order chi connectivity index (χ0) is 19.8. The van der Waals surface area contributed by atoms with E-state index in [0.29, 0.717) is 6.42 Å². The van der Waals surface area contributed by atoms with Crippen molar-refractivity contribution in [1.29, 1.82) is 0 Å². The number of phenols is 1. The second-order valence-electron chi connectivity index (χ2n) is 7.11. The van der Waals surface area contributed by atoms with Crippen LogP contribution in [0, 0.1) is 5.92 Å². The Morgan fingerprint density at radius 3 is 2.59 bits per heavy atom. The highest BCUT2D eigenvalue weighted by atomic mass is 32.2. The minimum absolute atomic E-state index is 0.0338. The summed E-state index contributed by atoms with van der Waals surface area (Å²) >= 11 is 0. The van der Waals surface area contributed by atoms with Gasteiger partial charge in [-0.25, -0.2) is 22.2 Å². The average molecular weight is 418 g/mol. The molecule has 1 amide bonds. The van der Waals surface area contributed by atoms with E-state index in [0.717, 1.165) is 41.8 Å². The molecule has 3 N–H and O–H groups in total. The van der Waals surface area contributed by atoms with Crippen LogP contribution in [0.3, 0.4) is 0 Å². The minimum Gasteiger partial charge on any atom is -0.506 e. The smallest absolute Gasteiger partial charge is 0.326 e. The fraction of sp³-hybridized carbons (Fsp3) is 0.562. The normalized spacial score (nSPS) is 25.4. The number of nitrogens with zero attached hydrogens (tertiary/aromatic N) is 1. The van der Waals surface area contributed by atoms with Gasteiger partial charge in [-0.05, 0) is 42.9 Å². The molecule has 2 aliphatic rings. The molecule has 0 radical (unpaired) electrons. The monoisotopic (exact) mass is 417 g/mol. The summed E-state index contributed by atoms with van der Waals surface area (Å²) in [6.07, 6.45) is 5.31. The lowest BCUT2D eigenvalue weighted by atomic mass is 9.81. The Labute approximate surface area is 159 Å². The molecule has 2 fully saturated rings. The van der Waals surface area contributed by atoms with Crippen LogP contribution in [0.25, 0.3) is 0 Å². The molecule has 11 heteroatoms. The molecule has 0 bridgehead atoms. The van der Waals surface area contributed by atoms with E-state index in [1.807, 2.05) is 4.72 Å². The molecule has 3 rings (SSSR count). The number of sulfonamides is 1. The number of carbonyl (C=O) groups excluding carboxylic acids is 1. The maximum atomic E-state index is 11.9.